The highest BCUT2D eigenvalue weighted by Gasteiger charge is 2.25. The van der Waals surface area contributed by atoms with Crippen molar-refractivity contribution in [2.24, 2.45) is 12.0 Å². The summed E-state index contributed by atoms with van der Waals surface area (Å²) in [6, 6.07) is 3.26. The van der Waals surface area contributed by atoms with Crippen LogP contribution in [0.25, 0.3) is 0 Å². The van der Waals surface area contributed by atoms with Crippen LogP contribution in [0.5, 0.6) is 0 Å². The molecule has 1 saturated heterocycles. The third-order valence-corrected chi connectivity index (χ3v) is 4.09. The minimum Gasteiger partial charge on any atom is -0.357 e. The van der Waals surface area contributed by atoms with Crippen LogP contribution < -0.4 is 15.5 Å². The lowest BCUT2D eigenvalue weighted by Crippen LogP contribution is -2.44. The topological polar surface area (TPSA) is 70.4 Å². The van der Waals surface area contributed by atoms with E-state index in [2.05, 4.69) is 25.7 Å². The maximum absolute atomic E-state index is 13.9. The SMILES string of the molecule is CCNC(=NCc1cnn(C)c1)NC1CCN(c2ncccc2F)C1.I. The number of anilines is 1. The summed E-state index contributed by atoms with van der Waals surface area (Å²) in [4.78, 5) is 10.7. The summed E-state index contributed by atoms with van der Waals surface area (Å²) in [5.41, 5.74) is 1.06. The van der Waals surface area contributed by atoms with E-state index in [4.69, 9.17) is 0 Å². The molecule has 0 aliphatic carbocycles. The van der Waals surface area contributed by atoms with Crippen LogP contribution in [-0.4, -0.2) is 46.4 Å². The Morgan fingerprint density at radius 1 is 1.46 bits per heavy atom. The summed E-state index contributed by atoms with van der Waals surface area (Å²) in [5.74, 6) is 0.907. The number of halogens is 2. The van der Waals surface area contributed by atoms with E-state index < -0.39 is 0 Å². The zero-order chi connectivity index (χ0) is 17.6. The molecule has 3 heterocycles. The average molecular weight is 473 g/mol. The predicted molar refractivity (Wildman–Crippen MR) is 111 cm³/mol. The monoisotopic (exact) mass is 473 g/mol. The molecule has 7 nitrogen and oxygen atoms in total. The molecular formula is C17H25FIN7. The number of hydrogen-bond acceptors (Lipinski definition) is 4. The largest absolute Gasteiger partial charge is 0.357 e. The molecule has 0 aromatic carbocycles. The number of nitrogens with one attached hydrogen (secondary N) is 2. The highest BCUT2D eigenvalue weighted by molar-refractivity contribution is 14.0. The summed E-state index contributed by atoms with van der Waals surface area (Å²) in [6.07, 6.45) is 6.30. The number of rotatable bonds is 5. The Morgan fingerprint density at radius 2 is 2.31 bits per heavy atom. The van der Waals surface area contributed by atoms with E-state index in [1.54, 1.807) is 16.9 Å². The van der Waals surface area contributed by atoms with Crippen LogP contribution in [0.1, 0.15) is 18.9 Å². The van der Waals surface area contributed by atoms with Crippen LogP contribution in [0.2, 0.25) is 0 Å². The fourth-order valence-corrected chi connectivity index (χ4v) is 2.92. The maximum Gasteiger partial charge on any atom is 0.191 e. The van der Waals surface area contributed by atoms with Gasteiger partial charge in [0, 0.05) is 50.7 Å². The molecule has 0 radical (unpaired) electrons. The van der Waals surface area contributed by atoms with E-state index in [0.29, 0.717) is 18.9 Å². The standard InChI is InChI=1S/C17H24FN7.HI/c1-3-19-17(21-9-13-10-22-24(2)11-13)23-14-6-8-25(12-14)16-15(18)5-4-7-20-16;/h4-5,7,10-11,14H,3,6,8-9,12H2,1-2H3,(H2,19,21,23);1H. The third-order valence-electron chi connectivity index (χ3n) is 4.09. The molecule has 0 amide bonds. The van der Waals surface area contributed by atoms with Gasteiger partial charge in [-0.15, -0.1) is 24.0 Å². The molecule has 1 aliphatic rings. The van der Waals surface area contributed by atoms with Gasteiger partial charge in [-0.05, 0) is 25.5 Å². The van der Waals surface area contributed by atoms with Crippen molar-refractivity contribution in [3.63, 3.8) is 0 Å². The highest BCUT2D eigenvalue weighted by Crippen LogP contribution is 2.20. The van der Waals surface area contributed by atoms with Gasteiger partial charge in [-0.25, -0.2) is 14.4 Å². The van der Waals surface area contributed by atoms with E-state index in [9.17, 15) is 4.39 Å². The summed E-state index contributed by atoms with van der Waals surface area (Å²) in [6.45, 7) is 4.85. The Morgan fingerprint density at radius 3 is 3.00 bits per heavy atom. The number of guanidine groups is 1. The first-order valence-corrected chi connectivity index (χ1v) is 8.53. The lowest BCUT2D eigenvalue weighted by Gasteiger charge is -2.19. The van der Waals surface area contributed by atoms with Gasteiger partial charge in [0.2, 0.25) is 0 Å². The molecule has 0 bridgehead atoms. The molecule has 1 aliphatic heterocycles. The molecular weight excluding hydrogens is 448 g/mol. The lowest BCUT2D eigenvalue weighted by molar-refractivity contribution is 0.612. The van der Waals surface area contributed by atoms with E-state index in [0.717, 1.165) is 31.0 Å². The van der Waals surface area contributed by atoms with E-state index in [1.807, 2.05) is 31.3 Å². The summed E-state index contributed by atoms with van der Waals surface area (Å²) in [5, 5.41) is 10.8. The highest BCUT2D eigenvalue weighted by atomic mass is 127. The molecule has 1 unspecified atom stereocenters. The number of pyridine rings is 1. The second-order valence-electron chi connectivity index (χ2n) is 6.10. The Balaban J connectivity index is 0.00000243. The minimum atomic E-state index is -0.277. The first kappa shape index (κ1) is 20.4. The van der Waals surface area contributed by atoms with Gasteiger partial charge in [0.25, 0.3) is 0 Å². The smallest absolute Gasteiger partial charge is 0.191 e. The summed E-state index contributed by atoms with van der Waals surface area (Å²) >= 11 is 0. The van der Waals surface area contributed by atoms with E-state index >= 15 is 0 Å². The minimum absolute atomic E-state index is 0. The van der Waals surface area contributed by atoms with Gasteiger partial charge in [-0.2, -0.15) is 5.10 Å². The van der Waals surface area contributed by atoms with Crippen molar-refractivity contribution in [3.8, 4) is 0 Å². The van der Waals surface area contributed by atoms with Crippen molar-refractivity contribution in [2.45, 2.75) is 25.9 Å². The normalized spacial score (nSPS) is 17.1. The summed E-state index contributed by atoms with van der Waals surface area (Å²) < 4.78 is 15.7. The Hall–Kier alpha value is -1.91. The van der Waals surface area contributed by atoms with Gasteiger partial charge < -0.3 is 15.5 Å². The quantitative estimate of drug-likeness (QED) is 0.395. The summed E-state index contributed by atoms with van der Waals surface area (Å²) in [7, 11) is 1.89. The third kappa shape index (κ3) is 5.29. The molecule has 9 heteroatoms. The predicted octanol–water partition coefficient (Wildman–Crippen LogP) is 1.91. The van der Waals surface area contributed by atoms with Gasteiger partial charge in [-0.1, -0.05) is 0 Å². The molecule has 3 rings (SSSR count). The first-order chi connectivity index (χ1) is 12.2. The molecule has 26 heavy (non-hydrogen) atoms. The molecule has 2 aromatic heterocycles. The van der Waals surface area contributed by atoms with Crippen molar-refractivity contribution in [1.29, 1.82) is 0 Å². The van der Waals surface area contributed by atoms with E-state index in [1.165, 1.54) is 6.07 Å². The first-order valence-electron chi connectivity index (χ1n) is 8.53. The van der Waals surface area contributed by atoms with Crippen LogP contribution in [0, 0.1) is 5.82 Å². The lowest BCUT2D eigenvalue weighted by atomic mass is 10.3. The number of aromatic nitrogens is 3. The van der Waals surface area contributed by atoms with Crippen molar-refractivity contribution >= 4 is 35.8 Å². The van der Waals surface area contributed by atoms with E-state index in [-0.39, 0.29) is 35.8 Å². The second-order valence-corrected chi connectivity index (χ2v) is 6.10. The Kier molecular flexibility index (Phi) is 7.61. The van der Waals surface area contributed by atoms with Gasteiger partial charge >= 0.3 is 0 Å². The number of nitrogens with zero attached hydrogens (tertiary/aromatic N) is 5. The Bertz CT molecular complexity index is 733. The zero-order valence-corrected chi connectivity index (χ0v) is 17.4. The maximum atomic E-state index is 13.9. The zero-order valence-electron chi connectivity index (χ0n) is 15.0. The van der Waals surface area contributed by atoms with Gasteiger partial charge in [0.05, 0.1) is 12.7 Å². The Labute approximate surface area is 170 Å². The fourth-order valence-electron chi connectivity index (χ4n) is 2.92. The van der Waals surface area contributed by atoms with Crippen LogP contribution in [0.3, 0.4) is 0 Å². The van der Waals surface area contributed by atoms with Crippen molar-refractivity contribution in [1.82, 2.24) is 25.4 Å². The van der Waals surface area contributed by atoms with Crippen molar-refractivity contribution < 1.29 is 4.39 Å². The number of aliphatic imine (C=N–C) groups is 1. The molecule has 1 atom stereocenters. The van der Waals surface area contributed by atoms with Crippen LogP contribution in [0.4, 0.5) is 10.2 Å². The van der Waals surface area contributed by atoms with Crippen molar-refractivity contribution in [2.75, 3.05) is 24.5 Å². The van der Waals surface area contributed by atoms with Gasteiger partial charge in [0.15, 0.2) is 17.6 Å². The number of aryl methyl sites for hydroxylation is 1. The molecule has 2 N–H and O–H groups in total. The van der Waals surface area contributed by atoms with Gasteiger partial charge in [-0.3, -0.25) is 4.68 Å². The second kappa shape index (κ2) is 9.70. The van der Waals surface area contributed by atoms with Crippen molar-refractivity contribution in [3.05, 3.63) is 42.1 Å². The van der Waals surface area contributed by atoms with Crippen LogP contribution >= 0.6 is 24.0 Å². The molecule has 0 saturated carbocycles. The molecule has 1 fully saturated rings. The van der Waals surface area contributed by atoms with Crippen LogP contribution in [-0.2, 0) is 13.6 Å². The molecule has 2 aromatic rings. The average Bonchev–Trinajstić information content (AvgIpc) is 3.22. The number of hydrogen-bond donors (Lipinski definition) is 2. The van der Waals surface area contributed by atoms with Gasteiger partial charge in [0.1, 0.15) is 0 Å². The van der Waals surface area contributed by atoms with Crippen LogP contribution in [0.15, 0.2) is 35.7 Å². The molecule has 0 spiro atoms. The molecule has 142 valence electrons. The fraction of sp³-hybridized carbons (Fsp3) is 0.471.